The van der Waals surface area contributed by atoms with Crippen molar-refractivity contribution in [2.24, 2.45) is 4.99 Å². The summed E-state index contributed by atoms with van der Waals surface area (Å²) in [6.45, 7) is 6.12. The number of aromatic nitrogens is 1. The van der Waals surface area contributed by atoms with Gasteiger partial charge in [-0.25, -0.2) is 0 Å². The lowest BCUT2D eigenvalue weighted by atomic mass is 10.2. The molecule has 0 spiro atoms. The van der Waals surface area contributed by atoms with Gasteiger partial charge in [0, 0.05) is 18.7 Å². The zero-order valence-electron chi connectivity index (χ0n) is 13.4. The molecule has 0 radical (unpaired) electrons. The number of hydrogen-bond acceptors (Lipinski definition) is 6. The third kappa shape index (κ3) is 3.00. The van der Waals surface area contributed by atoms with Crippen molar-refractivity contribution in [1.29, 1.82) is 0 Å². The molecule has 0 atom stereocenters. The van der Waals surface area contributed by atoms with Crippen molar-refractivity contribution >= 4 is 27.5 Å². The summed E-state index contributed by atoms with van der Waals surface area (Å²) in [6, 6.07) is 3.82. The maximum Gasteiger partial charge on any atom is 0.317 e. The Morgan fingerprint density at radius 2 is 1.96 bits per heavy atom. The Bertz CT molecular complexity index is 940. The van der Waals surface area contributed by atoms with E-state index in [0.29, 0.717) is 49.3 Å². The third-order valence-corrected chi connectivity index (χ3v) is 4.76. The van der Waals surface area contributed by atoms with Crippen LogP contribution in [0, 0.1) is 0 Å². The molecular weight excluding hydrogens is 344 g/mol. The van der Waals surface area contributed by atoms with Crippen LogP contribution in [0.2, 0.25) is 0 Å². The van der Waals surface area contributed by atoms with Gasteiger partial charge in [0.2, 0.25) is 5.76 Å². The summed E-state index contributed by atoms with van der Waals surface area (Å²) in [5.74, 6) is 1.04. The summed E-state index contributed by atoms with van der Waals surface area (Å²) in [5.41, 5.74) is 0.912. The maximum atomic E-state index is 12.3. The van der Waals surface area contributed by atoms with E-state index in [-0.39, 0.29) is 5.76 Å². The molecule has 0 fully saturated rings. The van der Waals surface area contributed by atoms with Crippen molar-refractivity contribution in [3.05, 3.63) is 41.6 Å². The van der Waals surface area contributed by atoms with Crippen molar-refractivity contribution in [2.45, 2.75) is 6.54 Å². The molecule has 7 nitrogen and oxygen atoms in total. The van der Waals surface area contributed by atoms with Gasteiger partial charge in [-0.3, -0.25) is 4.79 Å². The van der Waals surface area contributed by atoms with Gasteiger partial charge in [0.25, 0.3) is 0 Å². The number of amides is 1. The number of thiazole rings is 1. The van der Waals surface area contributed by atoms with Crippen molar-refractivity contribution in [3.63, 3.8) is 0 Å². The number of hydrogen-bond donors (Lipinski definition) is 0. The number of carbonyl (C=O) groups is 1. The van der Waals surface area contributed by atoms with Crippen LogP contribution in [0.1, 0.15) is 0 Å². The topological polar surface area (TPSA) is 71.3 Å². The summed E-state index contributed by atoms with van der Waals surface area (Å²) < 4.78 is 24.6. The van der Waals surface area contributed by atoms with Gasteiger partial charge in [0.05, 0.1) is 10.2 Å². The van der Waals surface area contributed by atoms with E-state index in [1.807, 2.05) is 16.7 Å². The molecule has 8 heteroatoms. The number of benzene rings is 1. The zero-order valence-corrected chi connectivity index (χ0v) is 14.2. The number of nitrogens with zero attached hydrogens (tertiary/aromatic N) is 2. The Balaban J connectivity index is 1.83. The van der Waals surface area contributed by atoms with Crippen molar-refractivity contribution in [1.82, 2.24) is 4.57 Å². The molecule has 2 aromatic rings. The van der Waals surface area contributed by atoms with Gasteiger partial charge >= 0.3 is 5.91 Å². The number of rotatable bonds is 3. The van der Waals surface area contributed by atoms with Crippen molar-refractivity contribution in [3.8, 4) is 11.5 Å². The predicted molar refractivity (Wildman–Crippen MR) is 91.6 cm³/mol. The first-order chi connectivity index (χ1) is 12.3. The average Bonchev–Trinajstić information content (AvgIpc) is 2.97. The highest BCUT2D eigenvalue weighted by atomic mass is 32.1. The lowest BCUT2D eigenvalue weighted by molar-refractivity contribution is -0.119. The van der Waals surface area contributed by atoms with Gasteiger partial charge < -0.3 is 23.5 Å². The number of ether oxygens (including phenoxy) is 4. The van der Waals surface area contributed by atoms with E-state index in [1.165, 1.54) is 17.6 Å². The van der Waals surface area contributed by atoms with Gasteiger partial charge in [-0.05, 0) is 0 Å². The van der Waals surface area contributed by atoms with Crippen molar-refractivity contribution in [2.75, 3.05) is 26.4 Å². The summed E-state index contributed by atoms with van der Waals surface area (Å²) in [6.07, 6.45) is 3.06. The molecule has 0 unspecified atom stereocenters. The Kier molecular flexibility index (Phi) is 4.19. The molecule has 0 bridgehead atoms. The molecule has 4 rings (SSSR count). The number of carbonyl (C=O) groups excluding carboxylic acids is 1. The molecule has 3 heterocycles. The fraction of sp³-hybridized carbons (Fsp3) is 0.294. The van der Waals surface area contributed by atoms with E-state index >= 15 is 0 Å². The largest absolute Gasteiger partial charge is 0.494 e. The number of allylic oxidation sites excluding steroid dienone is 1. The van der Waals surface area contributed by atoms with Gasteiger partial charge in [-0.1, -0.05) is 17.4 Å². The fourth-order valence-electron chi connectivity index (χ4n) is 2.62. The molecule has 0 saturated carbocycles. The van der Waals surface area contributed by atoms with E-state index in [9.17, 15) is 4.79 Å². The molecule has 1 aromatic heterocycles. The first kappa shape index (κ1) is 15.8. The summed E-state index contributed by atoms with van der Waals surface area (Å²) in [4.78, 5) is 17.1. The molecule has 1 amide bonds. The average molecular weight is 360 g/mol. The quantitative estimate of drug-likeness (QED) is 0.783. The molecule has 1 aromatic carbocycles. The van der Waals surface area contributed by atoms with Gasteiger partial charge in [0.1, 0.15) is 32.7 Å². The Morgan fingerprint density at radius 3 is 2.68 bits per heavy atom. The minimum atomic E-state index is -0.471. The highest BCUT2D eigenvalue weighted by Crippen LogP contribution is 2.35. The van der Waals surface area contributed by atoms with E-state index in [2.05, 4.69) is 11.6 Å². The van der Waals surface area contributed by atoms with E-state index < -0.39 is 5.91 Å². The molecule has 2 aliphatic rings. The van der Waals surface area contributed by atoms with Crippen LogP contribution < -0.4 is 14.3 Å². The van der Waals surface area contributed by atoms with Gasteiger partial charge in [-0.2, -0.15) is 4.99 Å². The minimum absolute atomic E-state index is 0.111. The normalized spacial score (nSPS) is 16.8. The van der Waals surface area contributed by atoms with Crippen molar-refractivity contribution < 1.29 is 23.7 Å². The van der Waals surface area contributed by atoms with Crippen LogP contribution in [0.15, 0.2) is 41.8 Å². The lowest BCUT2D eigenvalue weighted by Gasteiger charge is -2.18. The number of fused-ring (bicyclic) bond motifs is 2. The van der Waals surface area contributed by atoms with E-state index in [4.69, 9.17) is 18.9 Å². The molecule has 2 aliphatic heterocycles. The maximum absolute atomic E-state index is 12.3. The highest BCUT2D eigenvalue weighted by molar-refractivity contribution is 7.16. The van der Waals surface area contributed by atoms with Crippen LogP contribution in [0.25, 0.3) is 10.2 Å². The fourth-order valence-corrected chi connectivity index (χ4v) is 3.67. The summed E-state index contributed by atoms with van der Waals surface area (Å²) >= 11 is 1.40. The SMILES string of the molecule is C=CCn1c(=NC(=O)C2=COCCO2)sc2cc3c(cc21)OCCO3. The van der Waals surface area contributed by atoms with Gasteiger partial charge in [0.15, 0.2) is 16.3 Å². The Hall–Kier alpha value is -2.74. The lowest BCUT2D eigenvalue weighted by Crippen LogP contribution is -2.19. The second kappa shape index (κ2) is 6.64. The Labute approximate surface area is 147 Å². The van der Waals surface area contributed by atoms with E-state index in [0.717, 1.165) is 10.2 Å². The first-order valence-electron chi connectivity index (χ1n) is 7.84. The summed E-state index contributed by atoms with van der Waals surface area (Å²) in [5, 5.41) is 0. The summed E-state index contributed by atoms with van der Waals surface area (Å²) in [7, 11) is 0. The minimum Gasteiger partial charge on any atom is -0.494 e. The molecule has 130 valence electrons. The van der Waals surface area contributed by atoms with Gasteiger partial charge in [-0.15, -0.1) is 6.58 Å². The molecular formula is C17H16N2O5S. The standard InChI is InChI=1S/C17H16N2O5S/c1-2-3-19-11-8-12-13(23-7-6-22-12)9-15(11)25-17(19)18-16(20)14-10-21-4-5-24-14/h2,8-10H,1,3-7H2. The second-order valence-electron chi connectivity index (χ2n) is 5.37. The highest BCUT2D eigenvalue weighted by Gasteiger charge is 2.18. The second-order valence-corrected chi connectivity index (χ2v) is 6.37. The van der Waals surface area contributed by atoms with Crippen LogP contribution in [0.4, 0.5) is 0 Å². The zero-order chi connectivity index (χ0) is 17.2. The predicted octanol–water partition coefficient (Wildman–Crippen LogP) is 1.98. The molecule has 0 N–H and O–H groups in total. The van der Waals surface area contributed by atoms with Crippen LogP contribution in [0.3, 0.4) is 0 Å². The van der Waals surface area contributed by atoms with Crippen LogP contribution >= 0.6 is 11.3 Å². The molecule has 0 saturated heterocycles. The smallest absolute Gasteiger partial charge is 0.317 e. The van der Waals surface area contributed by atoms with E-state index in [1.54, 1.807) is 6.08 Å². The molecule has 0 aliphatic carbocycles. The monoisotopic (exact) mass is 360 g/mol. The molecule has 25 heavy (non-hydrogen) atoms. The first-order valence-corrected chi connectivity index (χ1v) is 8.65. The third-order valence-electron chi connectivity index (χ3n) is 3.72. The van der Waals surface area contributed by atoms with Crippen LogP contribution in [-0.2, 0) is 20.8 Å². The Morgan fingerprint density at radius 1 is 1.20 bits per heavy atom. The van der Waals surface area contributed by atoms with Crippen LogP contribution in [0.5, 0.6) is 11.5 Å². The van der Waals surface area contributed by atoms with Crippen LogP contribution in [-0.4, -0.2) is 36.9 Å².